The van der Waals surface area contributed by atoms with Gasteiger partial charge in [-0.3, -0.25) is 4.99 Å². The van der Waals surface area contributed by atoms with Crippen molar-refractivity contribution in [2.45, 2.75) is 19.9 Å². The lowest BCUT2D eigenvalue weighted by Gasteiger charge is -2.09. The lowest BCUT2D eigenvalue weighted by molar-refractivity contribution is 0.833. The van der Waals surface area contributed by atoms with Gasteiger partial charge in [-0.05, 0) is 26.0 Å². The summed E-state index contributed by atoms with van der Waals surface area (Å²) in [6, 6.07) is 5.43. The monoisotopic (exact) mass is 245 g/mol. The Morgan fingerprint density at radius 1 is 1.40 bits per heavy atom. The fraction of sp³-hybridized carbons (Fsp3) is 0.300. The Morgan fingerprint density at radius 3 is 2.67 bits per heavy atom. The highest BCUT2D eigenvalue weighted by Crippen LogP contribution is 2.29. The van der Waals surface area contributed by atoms with Crippen LogP contribution in [0.15, 0.2) is 23.2 Å². The average Bonchev–Trinajstić information content (AvgIpc) is 2.11. The largest absolute Gasteiger partial charge is 0.370 e. The van der Waals surface area contributed by atoms with Gasteiger partial charge in [0.2, 0.25) is 0 Å². The quantitative estimate of drug-likeness (QED) is 0.622. The Kier molecular flexibility index (Phi) is 4.24. The summed E-state index contributed by atoms with van der Waals surface area (Å²) in [4.78, 5) is 4.13. The maximum atomic E-state index is 5.97. The molecule has 0 aliphatic rings. The van der Waals surface area contributed by atoms with Crippen LogP contribution < -0.4 is 11.1 Å². The van der Waals surface area contributed by atoms with Crippen molar-refractivity contribution in [3.8, 4) is 0 Å². The van der Waals surface area contributed by atoms with Gasteiger partial charge in [0.1, 0.15) is 0 Å². The topological polar surface area (TPSA) is 50.4 Å². The Labute approximate surface area is 99.3 Å². The van der Waals surface area contributed by atoms with Crippen LogP contribution in [0.1, 0.15) is 13.8 Å². The summed E-state index contributed by atoms with van der Waals surface area (Å²) in [5.41, 5.74) is 6.32. The molecule has 0 spiro atoms. The Balaban J connectivity index is 2.86. The van der Waals surface area contributed by atoms with Crippen LogP contribution in [0.25, 0.3) is 0 Å². The average molecular weight is 246 g/mol. The second kappa shape index (κ2) is 5.24. The first-order chi connectivity index (χ1) is 7.00. The third-order valence-electron chi connectivity index (χ3n) is 1.61. The number of nitrogens with one attached hydrogen (secondary N) is 1. The summed E-state index contributed by atoms with van der Waals surface area (Å²) in [7, 11) is 0. The van der Waals surface area contributed by atoms with E-state index in [0.717, 1.165) is 0 Å². The van der Waals surface area contributed by atoms with Gasteiger partial charge in [0.25, 0.3) is 0 Å². The van der Waals surface area contributed by atoms with Crippen molar-refractivity contribution in [3.63, 3.8) is 0 Å². The van der Waals surface area contributed by atoms with Gasteiger partial charge in [-0.1, -0.05) is 29.3 Å². The van der Waals surface area contributed by atoms with Crippen LogP contribution in [0.2, 0.25) is 10.0 Å². The van der Waals surface area contributed by atoms with Gasteiger partial charge in [0.05, 0.1) is 15.7 Å². The molecule has 3 nitrogen and oxygen atoms in total. The number of nitrogens with zero attached hydrogens (tertiary/aromatic N) is 1. The molecule has 0 atom stereocenters. The Morgan fingerprint density at radius 2 is 2.07 bits per heavy atom. The number of anilines is 1. The van der Waals surface area contributed by atoms with Crippen molar-refractivity contribution in [2.24, 2.45) is 10.7 Å². The molecule has 0 aliphatic carbocycles. The molecule has 0 fully saturated rings. The van der Waals surface area contributed by atoms with Crippen molar-refractivity contribution in [1.82, 2.24) is 0 Å². The summed E-state index contributed by atoms with van der Waals surface area (Å²) in [5, 5.41) is 3.82. The zero-order chi connectivity index (χ0) is 11.4. The maximum Gasteiger partial charge on any atom is 0.193 e. The van der Waals surface area contributed by atoms with Crippen molar-refractivity contribution in [3.05, 3.63) is 28.2 Å². The number of nitrogens with two attached hydrogens (primary N) is 1. The van der Waals surface area contributed by atoms with E-state index in [1.54, 1.807) is 18.2 Å². The first-order valence-corrected chi connectivity index (χ1v) is 5.30. The normalized spacial score (nSPS) is 11.9. The third-order valence-corrected chi connectivity index (χ3v) is 2.43. The molecule has 0 amide bonds. The zero-order valence-corrected chi connectivity index (χ0v) is 10.1. The van der Waals surface area contributed by atoms with Crippen LogP contribution in [0, 0.1) is 0 Å². The van der Waals surface area contributed by atoms with E-state index in [9.17, 15) is 0 Å². The van der Waals surface area contributed by atoms with Crippen LogP contribution in [-0.4, -0.2) is 12.0 Å². The number of guanidine groups is 1. The second-order valence-electron chi connectivity index (χ2n) is 3.33. The molecule has 0 saturated carbocycles. The number of aliphatic imine (C=N–C) groups is 1. The van der Waals surface area contributed by atoms with Gasteiger partial charge < -0.3 is 11.1 Å². The molecule has 1 rings (SSSR count). The zero-order valence-electron chi connectivity index (χ0n) is 8.59. The first-order valence-electron chi connectivity index (χ1n) is 4.55. The minimum absolute atomic E-state index is 0.135. The van der Waals surface area contributed by atoms with E-state index in [1.165, 1.54) is 0 Å². The molecule has 3 N–H and O–H groups in total. The molecule has 0 aromatic heterocycles. The predicted molar refractivity (Wildman–Crippen MR) is 66.8 cm³/mol. The third kappa shape index (κ3) is 3.61. The lowest BCUT2D eigenvalue weighted by Crippen LogP contribution is -2.24. The molecule has 0 unspecified atom stereocenters. The highest BCUT2D eigenvalue weighted by atomic mass is 35.5. The predicted octanol–water partition coefficient (Wildman–Crippen LogP) is 3.13. The van der Waals surface area contributed by atoms with E-state index in [4.69, 9.17) is 28.9 Å². The summed E-state index contributed by atoms with van der Waals surface area (Å²) >= 11 is 11.8. The van der Waals surface area contributed by atoms with E-state index in [1.807, 2.05) is 13.8 Å². The number of benzene rings is 1. The fourth-order valence-electron chi connectivity index (χ4n) is 1.05. The second-order valence-corrected chi connectivity index (χ2v) is 4.12. The van der Waals surface area contributed by atoms with E-state index in [-0.39, 0.29) is 6.04 Å². The molecular weight excluding hydrogens is 233 g/mol. The molecular formula is C10H13Cl2N3. The SMILES string of the molecule is CC(C)N=C(N)Nc1cccc(Cl)c1Cl. The van der Waals surface area contributed by atoms with Crippen LogP contribution >= 0.6 is 23.2 Å². The summed E-state index contributed by atoms with van der Waals surface area (Å²) in [6.07, 6.45) is 0. The maximum absolute atomic E-state index is 5.97. The number of rotatable bonds is 2. The van der Waals surface area contributed by atoms with E-state index in [2.05, 4.69) is 10.3 Å². The molecule has 0 bridgehead atoms. The molecule has 1 aromatic rings. The summed E-state index contributed by atoms with van der Waals surface area (Å²) in [5.74, 6) is 0.328. The molecule has 15 heavy (non-hydrogen) atoms. The standard InChI is InChI=1S/C10H13Cl2N3/c1-6(2)14-10(13)15-8-5-3-4-7(11)9(8)12/h3-6H,1-2H3,(H3,13,14,15). The van der Waals surface area contributed by atoms with Gasteiger partial charge in [-0.2, -0.15) is 0 Å². The van der Waals surface area contributed by atoms with Gasteiger partial charge in [-0.25, -0.2) is 0 Å². The highest BCUT2D eigenvalue weighted by molar-refractivity contribution is 6.43. The van der Waals surface area contributed by atoms with Crippen LogP contribution in [0.3, 0.4) is 0 Å². The van der Waals surface area contributed by atoms with E-state index < -0.39 is 0 Å². The molecule has 0 aliphatic heterocycles. The minimum atomic E-state index is 0.135. The number of halogens is 2. The molecule has 5 heteroatoms. The van der Waals surface area contributed by atoms with Gasteiger partial charge in [0.15, 0.2) is 5.96 Å². The lowest BCUT2D eigenvalue weighted by atomic mass is 10.3. The Hall–Kier alpha value is -0.930. The van der Waals surface area contributed by atoms with Crippen molar-refractivity contribution in [1.29, 1.82) is 0 Å². The van der Waals surface area contributed by atoms with Crippen molar-refractivity contribution >= 4 is 34.8 Å². The highest BCUT2D eigenvalue weighted by Gasteiger charge is 2.04. The summed E-state index contributed by atoms with van der Waals surface area (Å²) < 4.78 is 0. The molecule has 0 heterocycles. The Bertz CT molecular complexity index is 375. The summed E-state index contributed by atoms with van der Waals surface area (Å²) in [6.45, 7) is 3.88. The van der Waals surface area contributed by atoms with Crippen LogP contribution in [0.5, 0.6) is 0 Å². The van der Waals surface area contributed by atoms with Crippen LogP contribution in [0.4, 0.5) is 5.69 Å². The number of hydrogen-bond acceptors (Lipinski definition) is 1. The molecule has 1 aromatic carbocycles. The van der Waals surface area contributed by atoms with Crippen molar-refractivity contribution in [2.75, 3.05) is 5.32 Å². The van der Waals surface area contributed by atoms with Gasteiger partial charge >= 0.3 is 0 Å². The molecule has 82 valence electrons. The fourth-order valence-corrected chi connectivity index (χ4v) is 1.40. The molecule has 0 radical (unpaired) electrons. The van der Waals surface area contributed by atoms with Crippen LogP contribution in [-0.2, 0) is 0 Å². The first kappa shape index (κ1) is 12.1. The molecule has 0 saturated heterocycles. The minimum Gasteiger partial charge on any atom is -0.370 e. The smallest absolute Gasteiger partial charge is 0.193 e. The van der Waals surface area contributed by atoms with Gasteiger partial charge in [0, 0.05) is 6.04 Å². The number of hydrogen-bond donors (Lipinski definition) is 2. The van der Waals surface area contributed by atoms with Gasteiger partial charge in [-0.15, -0.1) is 0 Å². The van der Waals surface area contributed by atoms with E-state index in [0.29, 0.717) is 21.7 Å². The van der Waals surface area contributed by atoms with Crippen molar-refractivity contribution < 1.29 is 0 Å². The van der Waals surface area contributed by atoms with E-state index >= 15 is 0 Å².